The predicted molar refractivity (Wildman–Crippen MR) is 73.7 cm³/mol. The number of amides is 2. The van der Waals surface area contributed by atoms with E-state index < -0.39 is 17.8 Å². The Morgan fingerprint density at radius 1 is 1.29 bits per heavy atom. The minimum atomic E-state index is -1.11. The average molecular weight is 291 g/mol. The number of aromatic nitrogens is 1. The lowest BCUT2D eigenvalue weighted by Gasteiger charge is -2.27. The molecule has 0 spiro atoms. The highest BCUT2D eigenvalue weighted by atomic mass is 16.4. The number of hydrogen-bond donors (Lipinski definition) is 2. The van der Waals surface area contributed by atoms with Crippen LogP contribution in [0.5, 0.6) is 0 Å². The maximum atomic E-state index is 12.5. The van der Waals surface area contributed by atoms with Crippen molar-refractivity contribution in [2.75, 3.05) is 6.54 Å². The summed E-state index contributed by atoms with van der Waals surface area (Å²) in [5, 5.41) is 8.82. The highest BCUT2D eigenvalue weighted by molar-refractivity contribution is 5.96. The van der Waals surface area contributed by atoms with Crippen molar-refractivity contribution in [2.24, 2.45) is 5.73 Å². The SMILES string of the molecule is NC(=O)CN(C(=O)c1ccc(C(=O)O)cn1)C1CCCC1. The Morgan fingerprint density at radius 3 is 2.43 bits per heavy atom. The third-order valence-corrected chi connectivity index (χ3v) is 3.58. The molecule has 0 radical (unpaired) electrons. The van der Waals surface area contributed by atoms with Crippen molar-refractivity contribution in [2.45, 2.75) is 31.7 Å². The Labute approximate surface area is 121 Å². The van der Waals surface area contributed by atoms with E-state index >= 15 is 0 Å². The lowest BCUT2D eigenvalue weighted by molar-refractivity contribution is -0.119. The third-order valence-electron chi connectivity index (χ3n) is 3.58. The summed E-state index contributed by atoms with van der Waals surface area (Å²) in [6.45, 7) is -0.147. The monoisotopic (exact) mass is 291 g/mol. The minimum absolute atomic E-state index is 0.00821. The molecule has 1 fully saturated rings. The van der Waals surface area contributed by atoms with Crippen LogP contribution in [-0.4, -0.2) is 45.4 Å². The average Bonchev–Trinajstić information content (AvgIpc) is 2.98. The van der Waals surface area contributed by atoms with E-state index in [2.05, 4.69) is 4.98 Å². The number of carbonyl (C=O) groups is 3. The van der Waals surface area contributed by atoms with Gasteiger partial charge in [-0.1, -0.05) is 12.8 Å². The molecule has 2 rings (SSSR count). The van der Waals surface area contributed by atoms with E-state index in [0.29, 0.717) is 0 Å². The van der Waals surface area contributed by atoms with Crippen LogP contribution in [0, 0.1) is 0 Å². The molecule has 0 aliphatic heterocycles. The fraction of sp³-hybridized carbons (Fsp3) is 0.429. The molecule has 0 saturated heterocycles. The van der Waals surface area contributed by atoms with Crippen molar-refractivity contribution < 1.29 is 19.5 Å². The van der Waals surface area contributed by atoms with Crippen LogP contribution >= 0.6 is 0 Å². The molecular weight excluding hydrogens is 274 g/mol. The van der Waals surface area contributed by atoms with Crippen LogP contribution in [0.3, 0.4) is 0 Å². The molecule has 7 nitrogen and oxygen atoms in total. The van der Waals surface area contributed by atoms with Gasteiger partial charge in [-0.05, 0) is 25.0 Å². The maximum absolute atomic E-state index is 12.5. The van der Waals surface area contributed by atoms with Gasteiger partial charge in [0.25, 0.3) is 5.91 Å². The van der Waals surface area contributed by atoms with Crippen LogP contribution in [0.25, 0.3) is 0 Å². The molecule has 3 N–H and O–H groups in total. The molecule has 1 saturated carbocycles. The first-order valence-corrected chi connectivity index (χ1v) is 6.77. The van der Waals surface area contributed by atoms with Gasteiger partial charge in [0.2, 0.25) is 5.91 Å². The molecule has 0 bridgehead atoms. The Morgan fingerprint density at radius 2 is 1.95 bits per heavy atom. The number of aromatic carboxylic acids is 1. The number of rotatable bonds is 5. The van der Waals surface area contributed by atoms with Gasteiger partial charge < -0.3 is 15.7 Å². The Bertz CT molecular complexity index is 550. The van der Waals surface area contributed by atoms with Crippen molar-refractivity contribution in [1.82, 2.24) is 9.88 Å². The van der Waals surface area contributed by atoms with Crippen molar-refractivity contribution in [3.05, 3.63) is 29.6 Å². The number of nitrogens with two attached hydrogens (primary N) is 1. The molecule has 1 aliphatic carbocycles. The molecule has 2 amide bonds. The van der Waals surface area contributed by atoms with Crippen LogP contribution < -0.4 is 5.73 Å². The number of primary amides is 1. The number of pyridine rings is 1. The van der Waals surface area contributed by atoms with Crippen LogP contribution in [0.2, 0.25) is 0 Å². The number of nitrogens with zero attached hydrogens (tertiary/aromatic N) is 2. The summed E-state index contributed by atoms with van der Waals surface area (Å²) in [4.78, 5) is 39.7. The van der Waals surface area contributed by atoms with Crippen LogP contribution in [0.15, 0.2) is 18.3 Å². The van der Waals surface area contributed by atoms with Crippen LogP contribution in [-0.2, 0) is 4.79 Å². The van der Waals surface area contributed by atoms with E-state index in [9.17, 15) is 14.4 Å². The summed E-state index contributed by atoms with van der Waals surface area (Å²) in [5.41, 5.74) is 5.34. The third kappa shape index (κ3) is 3.56. The molecule has 21 heavy (non-hydrogen) atoms. The first kappa shape index (κ1) is 15.0. The molecule has 0 atom stereocenters. The van der Waals surface area contributed by atoms with Crippen molar-refractivity contribution >= 4 is 17.8 Å². The molecule has 0 aromatic carbocycles. The van der Waals surface area contributed by atoms with Crippen molar-refractivity contribution in [3.8, 4) is 0 Å². The zero-order valence-corrected chi connectivity index (χ0v) is 11.5. The lowest BCUT2D eigenvalue weighted by atomic mass is 10.1. The van der Waals surface area contributed by atoms with Gasteiger partial charge in [-0.25, -0.2) is 4.79 Å². The Balaban J connectivity index is 2.20. The maximum Gasteiger partial charge on any atom is 0.337 e. The van der Waals surface area contributed by atoms with Gasteiger partial charge >= 0.3 is 5.97 Å². The largest absolute Gasteiger partial charge is 0.478 e. The molecule has 112 valence electrons. The van der Waals surface area contributed by atoms with Gasteiger partial charge in [-0.2, -0.15) is 0 Å². The van der Waals surface area contributed by atoms with Gasteiger partial charge in [0.1, 0.15) is 5.69 Å². The minimum Gasteiger partial charge on any atom is -0.478 e. The second-order valence-electron chi connectivity index (χ2n) is 5.07. The predicted octanol–water partition coefficient (Wildman–Crippen LogP) is 0.650. The molecule has 1 aromatic heterocycles. The highest BCUT2D eigenvalue weighted by Crippen LogP contribution is 2.24. The lowest BCUT2D eigenvalue weighted by Crippen LogP contribution is -2.44. The van der Waals surface area contributed by atoms with Crippen molar-refractivity contribution in [3.63, 3.8) is 0 Å². The fourth-order valence-electron chi connectivity index (χ4n) is 2.54. The molecule has 1 heterocycles. The van der Waals surface area contributed by atoms with Gasteiger partial charge in [-0.15, -0.1) is 0 Å². The summed E-state index contributed by atoms with van der Waals surface area (Å²) < 4.78 is 0. The standard InChI is InChI=1S/C14H17N3O4/c15-12(18)8-17(10-3-1-2-4-10)13(19)11-6-5-9(7-16-11)14(20)21/h5-7,10H,1-4,8H2,(H2,15,18)(H,20,21). The summed E-state index contributed by atoms with van der Waals surface area (Å²) in [7, 11) is 0. The zero-order valence-electron chi connectivity index (χ0n) is 11.5. The quantitative estimate of drug-likeness (QED) is 0.826. The number of carboxylic acids is 1. The van der Waals surface area contributed by atoms with Gasteiger partial charge in [0, 0.05) is 12.2 Å². The van der Waals surface area contributed by atoms with E-state index in [1.807, 2.05) is 0 Å². The van der Waals surface area contributed by atoms with Gasteiger partial charge in [0.05, 0.1) is 12.1 Å². The summed E-state index contributed by atoms with van der Waals surface area (Å²) in [6.07, 6.45) is 4.84. The van der Waals surface area contributed by atoms with E-state index in [4.69, 9.17) is 10.8 Å². The molecule has 1 aliphatic rings. The first-order valence-electron chi connectivity index (χ1n) is 6.77. The Kier molecular flexibility index (Phi) is 4.52. The summed E-state index contributed by atoms with van der Waals surface area (Å²) in [5.74, 6) is -2.07. The molecule has 7 heteroatoms. The van der Waals surface area contributed by atoms with E-state index in [0.717, 1.165) is 31.9 Å². The van der Waals surface area contributed by atoms with E-state index in [1.54, 1.807) is 0 Å². The van der Waals surface area contributed by atoms with Gasteiger partial charge in [0.15, 0.2) is 0 Å². The summed E-state index contributed by atoms with van der Waals surface area (Å²) >= 11 is 0. The Hall–Kier alpha value is -2.44. The highest BCUT2D eigenvalue weighted by Gasteiger charge is 2.29. The summed E-state index contributed by atoms with van der Waals surface area (Å²) in [6, 6.07) is 2.67. The number of hydrogen-bond acceptors (Lipinski definition) is 4. The van der Waals surface area contributed by atoms with Crippen LogP contribution in [0.4, 0.5) is 0 Å². The smallest absolute Gasteiger partial charge is 0.337 e. The normalized spacial score (nSPS) is 14.9. The molecular formula is C14H17N3O4. The van der Waals surface area contributed by atoms with E-state index in [-0.39, 0.29) is 23.8 Å². The number of carbonyl (C=O) groups excluding carboxylic acids is 2. The second-order valence-corrected chi connectivity index (χ2v) is 5.07. The zero-order chi connectivity index (χ0) is 15.4. The topological polar surface area (TPSA) is 114 Å². The van der Waals surface area contributed by atoms with Crippen LogP contribution in [0.1, 0.15) is 46.5 Å². The number of carboxylic acid groups (broad SMARTS) is 1. The van der Waals surface area contributed by atoms with E-state index in [1.165, 1.54) is 17.0 Å². The van der Waals surface area contributed by atoms with Gasteiger partial charge in [-0.3, -0.25) is 14.6 Å². The second kappa shape index (κ2) is 6.34. The molecule has 1 aromatic rings. The fourth-order valence-corrected chi connectivity index (χ4v) is 2.54. The van der Waals surface area contributed by atoms with Crippen molar-refractivity contribution in [1.29, 1.82) is 0 Å². The molecule has 0 unspecified atom stereocenters. The first-order chi connectivity index (χ1) is 9.99.